The molecular formula is C3H8S2. The standard InChI is InChI=1S/C3H8S2/c1-3-5-4-2/h3H2,1-2H3. The predicted molar refractivity (Wildman–Crippen MR) is 31.6 cm³/mol. The van der Waals surface area contributed by atoms with Crippen molar-refractivity contribution in [3.05, 3.63) is 0 Å². The van der Waals surface area contributed by atoms with E-state index in [-0.39, 0.29) is 0 Å². The fourth-order valence-electron chi connectivity index (χ4n) is 0.118. The summed E-state index contributed by atoms with van der Waals surface area (Å²) in [6.45, 7) is 2.15. The Balaban J connectivity index is 2.19. The van der Waals surface area contributed by atoms with Crippen LogP contribution in [0.25, 0.3) is 0 Å². The first-order chi connectivity index (χ1) is 2.41. The van der Waals surface area contributed by atoms with Crippen molar-refractivity contribution in [2.24, 2.45) is 0 Å². The van der Waals surface area contributed by atoms with Gasteiger partial charge in [-0.1, -0.05) is 28.5 Å². The van der Waals surface area contributed by atoms with Gasteiger partial charge in [-0.25, -0.2) is 0 Å². The van der Waals surface area contributed by atoms with Crippen molar-refractivity contribution < 1.29 is 0 Å². The van der Waals surface area contributed by atoms with Gasteiger partial charge in [-0.3, -0.25) is 0 Å². The van der Waals surface area contributed by atoms with E-state index in [0.29, 0.717) is 0 Å². The third-order valence-corrected chi connectivity index (χ3v) is 2.12. The summed E-state index contributed by atoms with van der Waals surface area (Å²) in [4.78, 5) is 0. The Bertz CT molecular complexity index is 12.4. The molecule has 0 nitrogen and oxygen atoms in total. The molecule has 0 aromatic carbocycles. The van der Waals surface area contributed by atoms with Crippen molar-refractivity contribution in [3.8, 4) is 0 Å². The van der Waals surface area contributed by atoms with Crippen LogP contribution in [0, 0.1) is 0 Å². The smallest absolute Gasteiger partial charge is 0.000835 e. The molecule has 0 aromatic rings. The molecule has 0 aliphatic heterocycles. The van der Waals surface area contributed by atoms with E-state index in [1.807, 2.05) is 21.6 Å². The van der Waals surface area contributed by atoms with Crippen molar-refractivity contribution in [2.45, 2.75) is 6.92 Å². The molecule has 5 heavy (non-hydrogen) atoms. The molecule has 0 N–H and O–H groups in total. The number of rotatable bonds is 2. The Kier molecular flexibility index (Phi) is 5.36. The molecule has 0 saturated heterocycles. The van der Waals surface area contributed by atoms with Crippen LogP contribution in [0.1, 0.15) is 6.92 Å². The van der Waals surface area contributed by atoms with E-state index >= 15 is 0 Å². The molecule has 0 radical (unpaired) electrons. The third-order valence-electron chi connectivity index (χ3n) is 0.236. The van der Waals surface area contributed by atoms with E-state index in [1.165, 1.54) is 5.75 Å². The zero-order chi connectivity index (χ0) is 4.12. The second-order valence-corrected chi connectivity index (χ2v) is 3.43. The van der Waals surface area contributed by atoms with Crippen molar-refractivity contribution in [3.63, 3.8) is 0 Å². The monoisotopic (exact) mass is 108 g/mol. The number of hydrogen-bond donors (Lipinski definition) is 0. The molecule has 0 rings (SSSR count). The molecule has 32 valence electrons. The number of hydrogen-bond acceptors (Lipinski definition) is 2. The van der Waals surface area contributed by atoms with Crippen molar-refractivity contribution >= 4 is 21.6 Å². The van der Waals surface area contributed by atoms with Gasteiger partial charge in [-0.05, 0) is 6.26 Å². The SMILES string of the molecule is CCSSC. The minimum absolute atomic E-state index is 1.22. The second-order valence-electron chi connectivity index (χ2n) is 0.573. The molecule has 2 heteroatoms. The Morgan fingerprint density at radius 1 is 1.60 bits per heavy atom. The lowest BCUT2D eigenvalue weighted by atomic mass is 11.0. The van der Waals surface area contributed by atoms with Gasteiger partial charge in [0.1, 0.15) is 0 Å². The second kappa shape index (κ2) is 4.70. The fraction of sp³-hybridized carbons (Fsp3) is 1.00. The summed E-state index contributed by atoms with van der Waals surface area (Å²) >= 11 is 0. The first kappa shape index (κ1) is 5.70. The lowest BCUT2D eigenvalue weighted by molar-refractivity contribution is 1.54. The molecule has 0 atom stereocenters. The van der Waals surface area contributed by atoms with Gasteiger partial charge in [0.05, 0.1) is 0 Å². The van der Waals surface area contributed by atoms with Crippen LogP contribution in [0.3, 0.4) is 0 Å². The maximum atomic E-state index is 2.15. The Morgan fingerprint density at radius 3 is 2.20 bits per heavy atom. The average molecular weight is 108 g/mol. The van der Waals surface area contributed by atoms with Gasteiger partial charge in [0.15, 0.2) is 0 Å². The Morgan fingerprint density at radius 2 is 2.20 bits per heavy atom. The summed E-state index contributed by atoms with van der Waals surface area (Å²) in [6.07, 6.45) is 2.09. The average Bonchev–Trinajstić information content (AvgIpc) is 1.41. The summed E-state index contributed by atoms with van der Waals surface area (Å²) < 4.78 is 0. The van der Waals surface area contributed by atoms with Gasteiger partial charge in [-0.15, -0.1) is 0 Å². The maximum Gasteiger partial charge on any atom is 0.000835 e. The molecule has 0 amide bonds. The highest BCUT2D eigenvalue weighted by atomic mass is 33.1. The van der Waals surface area contributed by atoms with E-state index in [1.54, 1.807) is 0 Å². The van der Waals surface area contributed by atoms with E-state index in [2.05, 4.69) is 13.2 Å². The summed E-state index contributed by atoms with van der Waals surface area (Å²) in [5.41, 5.74) is 0. The van der Waals surface area contributed by atoms with E-state index in [4.69, 9.17) is 0 Å². The van der Waals surface area contributed by atoms with Gasteiger partial charge < -0.3 is 0 Å². The molecule has 0 heterocycles. The quantitative estimate of drug-likeness (QED) is 0.496. The molecule has 0 aromatic heterocycles. The first-order valence-corrected chi connectivity index (χ1v) is 4.30. The fourth-order valence-corrected chi connectivity index (χ4v) is 1.06. The van der Waals surface area contributed by atoms with Crippen LogP contribution in [0.5, 0.6) is 0 Å². The Hall–Kier alpha value is 0.700. The van der Waals surface area contributed by atoms with Gasteiger partial charge in [0, 0.05) is 5.75 Å². The maximum absolute atomic E-state index is 2.15. The molecule has 0 aliphatic rings. The lowest BCUT2D eigenvalue weighted by Gasteiger charge is -1.79. The van der Waals surface area contributed by atoms with Gasteiger partial charge in [0.25, 0.3) is 0 Å². The minimum atomic E-state index is 1.22. The van der Waals surface area contributed by atoms with Crippen molar-refractivity contribution in [1.82, 2.24) is 0 Å². The highest BCUT2D eigenvalue weighted by molar-refractivity contribution is 8.76. The Labute approximate surface area is 41.1 Å². The van der Waals surface area contributed by atoms with Crippen LogP contribution < -0.4 is 0 Å². The summed E-state index contributed by atoms with van der Waals surface area (Å²) in [6, 6.07) is 0. The highest BCUT2D eigenvalue weighted by Gasteiger charge is 1.67. The van der Waals surface area contributed by atoms with Crippen LogP contribution in [-0.2, 0) is 0 Å². The van der Waals surface area contributed by atoms with E-state index < -0.39 is 0 Å². The van der Waals surface area contributed by atoms with E-state index in [9.17, 15) is 0 Å². The molecular weight excluding hydrogens is 100 g/mol. The minimum Gasteiger partial charge on any atom is -0.0976 e. The van der Waals surface area contributed by atoms with Crippen LogP contribution >= 0.6 is 21.6 Å². The van der Waals surface area contributed by atoms with Crippen LogP contribution in [-0.4, -0.2) is 12.0 Å². The van der Waals surface area contributed by atoms with Gasteiger partial charge in [0.2, 0.25) is 0 Å². The van der Waals surface area contributed by atoms with Gasteiger partial charge >= 0.3 is 0 Å². The molecule has 0 spiro atoms. The van der Waals surface area contributed by atoms with Crippen LogP contribution in [0.15, 0.2) is 0 Å². The zero-order valence-corrected chi connectivity index (χ0v) is 5.16. The summed E-state index contributed by atoms with van der Waals surface area (Å²) in [5, 5.41) is 0. The first-order valence-electron chi connectivity index (χ1n) is 1.57. The highest BCUT2D eigenvalue weighted by Crippen LogP contribution is 2.14. The predicted octanol–water partition coefficient (Wildman–Crippen LogP) is 2.02. The van der Waals surface area contributed by atoms with E-state index in [0.717, 1.165) is 0 Å². The normalized spacial score (nSPS) is 8.40. The molecule has 0 aliphatic carbocycles. The van der Waals surface area contributed by atoms with Crippen LogP contribution in [0.2, 0.25) is 0 Å². The van der Waals surface area contributed by atoms with Crippen molar-refractivity contribution in [2.75, 3.05) is 12.0 Å². The largest absolute Gasteiger partial charge is 0.0976 e. The molecule has 0 saturated carbocycles. The summed E-state index contributed by atoms with van der Waals surface area (Å²) in [7, 11) is 3.70. The molecule has 0 fully saturated rings. The molecule has 0 unspecified atom stereocenters. The van der Waals surface area contributed by atoms with Gasteiger partial charge in [-0.2, -0.15) is 0 Å². The summed E-state index contributed by atoms with van der Waals surface area (Å²) in [5.74, 6) is 1.22. The van der Waals surface area contributed by atoms with Crippen molar-refractivity contribution in [1.29, 1.82) is 0 Å². The zero-order valence-electron chi connectivity index (χ0n) is 3.52. The lowest BCUT2D eigenvalue weighted by Crippen LogP contribution is -1.51. The van der Waals surface area contributed by atoms with Crippen LogP contribution in [0.4, 0.5) is 0 Å². The third kappa shape index (κ3) is 4.70. The molecule has 0 bridgehead atoms. The topological polar surface area (TPSA) is 0 Å².